The van der Waals surface area contributed by atoms with Crippen LogP contribution in [0.15, 0.2) is 53.4 Å². The summed E-state index contributed by atoms with van der Waals surface area (Å²) in [7, 11) is 0. The molecule has 1 aromatic heterocycles. The molecule has 0 saturated carbocycles. The van der Waals surface area contributed by atoms with Gasteiger partial charge in [0.1, 0.15) is 0 Å². The minimum absolute atomic E-state index is 0.00848. The third-order valence-corrected chi connectivity index (χ3v) is 5.82. The van der Waals surface area contributed by atoms with Crippen LogP contribution < -0.4 is 11.1 Å². The summed E-state index contributed by atoms with van der Waals surface area (Å²) >= 11 is 1.22. The number of benzene rings is 2. The van der Waals surface area contributed by atoms with E-state index in [2.05, 4.69) is 10.4 Å². The van der Waals surface area contributed by atoms with Gasteiger partial charge in [0, 0.05) is 16.2 Å². The Balaban J connectivity index is 1.81. The van der Waals surface area contributed by atoms with Gasteiger partial charge in [0.05, 0.1) is 34.8 Å². The van der Waals surface area contributed by atoms with Gasteiger partial charge < -0.3 is 11.1 Å². The van der Waals surface area contributed by atoms with E-state index < -0.39 is 17.6 Å². The molecule has 3 N–H and O–H groups in total. The number of anilines is 1. The molecule has 0 unspecified atom stereocenters. The van der Waals surface area contributed by atoms with Crippen LogP contribution in [0.2, 0.25) is 0 Å². The van der Waals surface area contributed by atoms with Crippen LogP contribution in [0.5, 0.6) is 0 Å². The molecule has 2 amide bonds. The fourth-order valence-corrected chi connectivity index (χ4v) is 3.94. The average molecular weight is 462 g/mol. The summed E-state index contributed by atoms with van der Waals surface area (Å²) in [4.78, 5) is 24.5. The van der Waals surface area contributed by atoms with Gasteiger partial charge >= 0.3 is 6.18 Å². The fourth-order valence-electron chi connectivity index (χ4n) is 3.20. The molecule has 0 saturated heterocycles. The summed E-state index contributed by atoms with van der Waals surface area (Å²) < 4.78 is 40.6. The highest BCUT2D eigenvalue weighted by Crippen LogP contribution is 2.31. The van der Waals surface area contributed by atoms with Crippen LogP contribution in [0.4, 0.5) is 18.9 Å². The maximum absolute atomic E-state index is 13.1. The molecule has 168 valence electrons. The molecule has 0 fully saturated rings. The summed E-state index contributed by atoms with van der Waals surface area (Å²) in [5.41, 5.74) is 6.98. The van der Waals surface area contributed by atoms with E-state index in [0.29, 0.717) is 27.5 Å². The SMILES string of the molecule is Cc1nn(-c2cccc(C(F)(F)F)c2)c(C)c1CC(=O)Nc1ccccc1SCC(N)=O. The molecule has 0 spiro atoms. The number of amides is 2. The molecular weight excluding hydrogens is 441 g/mol. The van der Waals surface area contributed by atoms with Gasteiger partial charge in [-0.2, -0.15) is 18.3 Å². The lowest BCUT2D eigenvalue weighted by atomic mass is 10.1. The molecular formula is C22H21F3N4O2S. The zero-order valence-electron chi connectivity index (χ0n) is 17.4. The lowest BCUT2D eigenvalue weighted by molar-refractivity contribution is -0.137. The number of hydrogen-bond acceptors (Lipinski definition) is 4. The molecule has 3 rings (SSSR count). The van der Waals surface area contributed by atoms with E-state index in [4.69, 9.17) is 5.73 Å². The van der Waals surface area contributed by atoms with Crippen molar-refractivity contribution in [2.24, 2.45) is 5.73 Å². The Morgan fingerprint density at radius 1 is 1.12 bits per heavy atom. The number of halogens is 3. The maximum Gasteiger partial charge on any atom is 0.416 e. The Labute approximate surface area is 187 Å². The van der Waals surface area contributed by atoms with E-state index in [-0.39, 0.29) is 23.8 Å². The number of carbonyl (C=O) groups excluding carboxylic acids is 2. The second-order valence-corrected chi connectivity index (χ2v) is 8.10. The van der Waals surface area contributed by atoms with Gasteiger partial charge in [0.15, 0.2) is 0 Å². The minimum Gasteiger partial charge on any atom is -0.369 e. The maximum atomic E-state index is 13.1. The van der Waals surface area contributed by atoms with Crippen molar-refractivity contribution in [3.63, 3.8) is 0 Å². The van der Waals surface area contributed by atoms with Crippen LogP contribution in [-0.4, -0.2) is 27.3 Å². The first-order valence-electron chi connectivity index (χ1n) is 9.59. The second-order valence-electron chi connectivity index (χ2n) is 7.09. The molecule has 3 aromatic rings. The molecule has 0 aliphatic carbocycles. The van der Waals surface area contributed by atoms with E-state index in [1.165, 1.54) is 28.6 Å². The normalized spacial score (nSPS) is 11.4. The van der Waals surface area contributed by atoms with Crippen LogP contribution in [0.25, 0.3) is 5.69 Å². The van der Waals surface area contributed by atoms with Crippen LogP contribution in [0.3, 0.4) is 0 Å². The summed E-state index contributed by atoms with van der Waals surface area (Å²) in [5.74, 6) is -0.703. The number of nitrogens with two attached hydrogens (primary N) is 1. The van der Waals surface area contributed by atoms with Crippen LogP contribution in [-0.2, 0) is 22.2 Å². The topological polar surface area (TPSA) is 90.0 Å². The van der Waals surface area contributed by atoms with Crippen molar-refractivity contribution < 1.29 is 22.8 Å². The summed E-state index contributed by atoms with van der Waals surface area (Å²) in [6.07, 6.45) is -4.47. The van der Waals surface area contributed by atoms with Gasteiger partial charge in [-0.15, -0.1) is 11.8 Å². The number of carbonyl (C=O) groups is 2. The molecule has 0 radical (unpaired) electrons. The summed E-state index contributed by atoms with van der Waals surface area (Å²) in [6, 6.07) is 11.9. The molecule has 0 aliphatic rings. The predicted octanol–water partition coefficient (Wildman–Crippen LogP) is 4.27. The molecule has 1 heterocycles. The molecule has 32 heavy (non-hydrogen) atoms. The third-order valence-electron chi connectivity index (χ3n) is 4.73. The standard InChI is InChI=1S/C22H21F3N4O2S/c1-13-17(11-21(31)27-18-8-3-4-9-19(18)32-12-20(26)30)14(2)29(28-13)16-7-5-6-15(10-16)22(23,24)25/h3-10H,11-12H2,1-2H3,(H2,26,30)(H,27,31). The number of aromatic nitrogens is 2. The summed E-state index contributed by atoms with van der Waals surface area (Å²) in [6.45, 7) is 3.41. The van der Waals surface area contributed by atoms with Crippen LogP contribution in [0.1, 0.15) is 22.5 Å². The van der Waals surface area contributed by atoms with E-state index in [1.807, 2.05) is 0 Å². The zero-order valence-corrected chi connectivity index (χ0v) is 18.2. The monoisotopic (exact) mass is 462 g/mol. The van der Waals surface area contributed by atoms with Gasteiger partial charge in [-0.25, -0.2) is 4.68 Å². The number of nitrogens with one attached hydrogen (secondary N) is 1. The first-order chi connectivity index (χ1) is 15.1. The lowest BCUT2D eigenvalue weighted by Gasteiger charge is -2.11. The number of para-hydroxylation sites is 1. The van der Waals surface area contributed by atoms with Crippen molar-refractivity contribution in [2.75, 3.05) is 11.1 Å². The van der Waals surface area contributed by atoms with Crippen molar-refractivity contribution in [1.29, 1.82) is 0 Å². The van der Waals surface area contributed by atoms with Crippen LogP contribution in [0, 0.1) is 13.8 Å². The largest absolute Gasteiger partial charge is 0.416 e. The quantitative estimate of drug-likeness (QED) is 0.513. The van der Waals surface area contributed by atoms with Gasteiger partial charge in [0.25, 0.3) is 0 Å². The molecule has 0 atom stereocenters. The minimum atomic E-state index is -4.46. The number of thioether (sulfide) groups is 1. The number of alkyl halides is 3. The Morgan fingerprint density at radius 3 is 2.53 bits per heavy atom. The third kappa shape index (κ3) is 5.50. The van der Waals surface area contributed by atoms with Gasteiger partial charge in [0.2, 0.25) is 11.8 Å². The highest BCUT2D eigenvalue weighted by atomic mass is 32.2. The Hall–Kier alpha value is -3.27. The van der Waals surface area contributed by atoms with Crippen molar-refractivity contribution in [1.82, 2.24) is 9.78 Å². The van der Waals surface area contributed by atoms with Gasteiger partial charge in [-0.3, -0.25) is 9.59 Å². The molecule has 2 aromatic carbocycles. The predicted molar refractivity (Wildman–Crippen MR) is 117 cm³/mol. The highest BCUT2D eigenvalue weighted by molar-refractivity contribution is 8.00. The van der Waals surface area contributed by atoms with Gasteiger partial charge in [-0.1, -0.05) is 18.2 Å². The van der Waals surface area contributed by atoms with E-state index >= 15 is 0 Å². The Bertz CT molecular complexity index is 1160. The number of primary amides is 1. The van der Waals surface area contributed by atoms with Crippen molar-refractivity contribution in [3.05, 3.63) is 71.0 Å². The van der Waals surface area contributed by atoms with E-state index in [1.54, 1.807) is 38.1 Å². The smallest absolute Gasteiger partial charge is 0.369 e. The molecule has 0 aliphatic heterocycles. The van der Waals surface area contributed by atoms with E-state index in [0.717, 1.165) is 12.1 Å². The zero-order chi connectivity index (χ0) is 23.5. The van der Waals surface area contributed by atoms with Crippen LogP contribution >= 0.6 is 11.8 Å². The summed E-state index contributed by atoms with van der Waals surface area (Å²) in [5, 5.41) is 7.16. The number of rotatable bonds is 7. The number of aryl methyl sites for hydroxylation is 1. The first kappa shape index (κ1) is 23.4. The van der Waals surface area contributed by atoms with Gasteiger partial charge in [-0.05, 0) is 44.2 Å². The average Bonchev–Trinajstić information content (AvgIpc) is 3.01. The number of nitrogens with zero attached hydrogens (tertiary/aromatic N) is 2. The second kappa shape index (κ2) is 9.47. The Morgan fingerprint density at radius 2 is 1.84 bits per heavy atom. The lowest BCUT2D eigenvalue weighted by Crippen LogP contribution is -2.16. The van der Waals surface area contributed by atoms with Crippen molar-refractivity contribution in [3.8, 4) is 5.69 Å². The van der Waals surface area contributed by atoms with Crippen molar-refractivity contribution >= 4 is 29.3 Å². The molecule has 10 heteroatoms. The molecule has 0 bridgehead atoms. The highest BCUT2D eigenvalue weighted by Gasteiger charge is 2.30. The number of hydrogen-bond donors (Lipinski definition) is 2. The van der Waals surface area contributed by atoms with Crippen molar-refractivity contribution in [2.45, 2.75) is 31.3 Å². The van der Waals surface area contributed by atoms with E-state index in [9.17, 15) is 22.8 Å². The first-order valence-corrected chi connectivity index (χ1v) is 10.6. The molecule has 6 nitrogen and oxygen atoms in total. The Kier molecular flexibility index (Phi) is 6.93. The fraction of sp³-hybridized carbons (Fsp3) is 0.227.